The average Bonchev–Trinajstić information content (AvgIpc) is 2.69. The zero-order valence-corrected chi connectivity index (χ0v) is 11.5. The smallest absolute Gasteiger partial charge is 0.224 e. The number of fused-ring (bicyclic) bond motifs is 1. The molecule has 2 aromatic heterocycles. The molecule has 0 amide bonds. The molecule has 2 heterocycles. The Hall–Kier alpha value is -1.74. The number of nitrogens with two attached hydrogens (primary N) is 2. The van der Waals surface area contributed by atoms with Crippen LogP contribution in [0.2, 0.25) is 0 Å². The summed E-state index contributed by atoms with van der Waals surface area (Å²) in [6.07, 6.45) is 0.0734. The highest BCUT2D eigenvalue weighted by Gasteiger charge is 2.12. The molecular formula is C9H13N6O4P-2. The van der Waals surface area contributed by atoms with Gasteiger partial charge in [-0.1, -0.05) is 0 Å². The van der Waals surface area contributed by atoms with Crippen LogP contribution in [-0.4, -0.2) is 32.0 Å². The molecule has 1 atom stereocenters. The minimum absolute atomic E-state index is 0.00828. The van der Waals surface area contributed by atoms with Gasteiger partial charge in [0.2, 0.25) is 5.95 Å². The van der Waals surface area contributed by atoms with Gasteiger partial charge < -0.3 is 35.1 Å². The molecule has 0 aliphatic heterocycles. The Labute approximate surface area is 113 Å². The lowest BCUT2D eigenvalue weighted by atomic mass is 10.4. The van der Waals surface area contributed by atoms with E-state index < -0.39 is 20.0 Å². The normalized spacial score (nSPS) is 13.8. The first-order valence-corrected chi connectivity index (χ1v) is 7.35. The Kier molecular flexibility index (Phi) is 3.91. The van der Waals surface area contributed by atoms with Crippen LogP contribution in [-0.2, 0) is 15.8 Å². The molecule has 0 fully saturated rings. The predicted octanol–water partition coefficient (Wildman–Crippen LogP) is -1.73. The number of aromatic nitrogens is 4. The van der Waals surface area contributed by atoms with E-state index >= 15 is 0 Å². The molecule has 110 valence electrons. The summed E-state index contributed by atoms with van der Waals surface area (Å²) in [5, 5.41) is 0. The number of hydrogen-bond donors (Lipinski definition) is 2. The molecule has 0 aliphatic rings. The van der Waals surface area contributed by atoms with Crippen LogP contribution in [0.1, 0.15) is 6.92 Å². The molecule has 10 nitrogen and oxygen atoms in total. The van der Waals surface area contributed by atoms with Crippen LogP contribution in [0.3, 0.4) is 0 Å². The standard InChI is InChI=1S/C9H15N6O4P/c1-5(19-4-20(16,17)18)2-15-3-12-6-7(10)13-9(11)14-8(6)15/h3,5H,2,4H2,1H3,(H2,16,17,18)(H4,10,11,13,14)/p-2/t5-/m0/s1. The lowest BCUT2D eigenvalue weighted by Gasteiger charge is -2.30. The summed E-state index contributed by atoms with van der Waals surface area (Å²) < 4.78 is 17.1. The highest BCUT2D eigenvalue weighted by molar-refractivity contribution is 7.48. The summed E-state index contributed by atoms with van der Waals surface area (Å²) in [7, 11) is -4.69. The third-order valence-electron chi connectivity index (χ3n) is 2.48. The van der Waals surface area contributed by atoms with E-state index in [1.807, 2.05) is 0 Å². The van der Waals surface area contributed by atoms with Crippen LogP contribution < -0.4 is 21.3 Å². The second-order valence-electron chi connectivity index (χ2n) is 4.25. The Morgan fingerprint density at radius 2 is 2.15 bits per heavy atom. The van der Waals surface area contributed by atoms with Crippen LogP contribution >= 0.6 is 7.60 Å². The highest BCUT2D eigenvalue weighted by Crippen LogP contribution is 2.24. The molecule has 0 saturated carbocycles. The highest BCUT2D eigenvalue weighted by atomic mass is 31.2. The van der Waals surface area contributed by atoms with Gasteiger partial charge in [-0.2, -0.15) is 9.97 Å². The number of nitrogen functional groups attached to an aromatic ring is 2. The first kappa shape index (κ1) is 14.7. The molecule has 0 bridgehead atoms. The average molecular weight is 300 g/mol. The second kappa shape index (κ2) is 5.33. The van der Waals surface area contributed by atoms with Crippen molar-refractivity contribution in [2.75, 3.05) is 17.8 Å². The van der Waals surface area contributed by atoms with Crippen molar-refractivity contribution in [2.24, 2.45) is 0 Å². The largest absolute Gasteiger partial charge is 0.809 e. The van der Waals surface area contributed by atoms with Gasteiger partial charge in [0, 0.05) is 0 Å². The fourth-order valence-corrected chi connectivity index (χ4v) is 2.10. The van der Waals surface area contributed by atoms with Crippen molar-refractivity contribution in [2.45, 2.75) is 19.6 Å². The molecule has 0 spiro atoms. The lowest BCUT2D eigenvalue weighted by Crippen LogP contribution is -2.23. The summed E-state index contributed by atoms with van der Waals surface area (Å²) in [5.41, 5.74) is 12.0. The van der Waals surface area contributed by atoms with Gasteiger partial charge in [-0.25, -0.2) is 4.98 Å². The van der Waals surface area contributed by atoms with Crippen LogP contribution in [0.15, 0.2) is 6.33 Å². The van der Waals surface area contributed by atoms with E-state index in [0.29, 0.717) is 11.2 Å². The van der Waals surface area contributed by atoms with Crippen molar-refractivity contribution in [3.63, 3.8) is 0 Å². The summed E-state index contributed by atoms with van der Waals surface area (Å²) in [6, 6.07) is 0. The number of hydrogen-bond acceptors (Lipinski definition) is 9. The zero-order chi connectivity index (χ0) is 14.9. The van der Waals surface area contributed by atoms with Gasteiger partial charge in [-0.05, 0) is 14.5 Å². The van der Waals surface area contributed by atoms with E-state index in [1.54, 1.807) is 11.5 Å². The minimum atomic E-state index is -4.69. The SMILES string of the molecule is C[C@@H](Cn1cnc2c(N)nc(N)nc21)OCP(=O)([O-])[O-]. The number of imidazole rings is 1. The molecule has 0 unspecified atom stereocenters. The van der Waals surface area contributed by atoms with Gasteiger partial charge in [0.05, 0.1) is 25.3 Å². The van der Waals surface area contributed by atoms with E-state index in [9.17, 15) is 14.4 Å². The van der Waals surface area contributed by atoms with Crippen molar-refractivity contribution in [1.29, 1.82) is 0 Å². The molecular weight excluding hydrogens is 287 g/mol. The van der Waals surface area contributed by atoms with Crippen LogP contribution in [0, 0.1) is 0 Å². The number of anilines is 2. The first-order valence-electron chi connectivity index (χ1n) is 5.63. The second-order valence-corrected chi connectivity index (χ2v) is 5.73. The summed E-state index contributed by atoms with van der Waals surface area (Å²) in [4.78, 5) is 32.9. The monoisotopic (exact) mass is 300 g/mol. The Bertz CT molecular complexity index is 668. The quantitative estimate of drug-likeness (QED) is 0.609. The Morgan fingerprint density at radius 3 is 2.80 bits per heavy atom. The van der Waals surface area contributed by atoms with Crippen molar-refractivity contribution in [1.82, 2.24) is 19.5 Å². The molecule has 4 N–H and O–H groups in total. The van der Waals surface area contributed by atoms with Gasteiger partial charge in [0.25, 0.3) is 0 Å². The molecule has 11 heteroatoms. The molecule has 20 heavy (non-hydrogen) atoms. The first-order chi connectivity index (χ1) is 9.26. The predicted molar refractivity (Wildman–Crippen MR) is 67.2 cm³/mol. The summed E-state index contributed by atoms with van der Waals surface area (Å²) >= 11 is 0. The molecule has 0 saturated heterocycles. The fraction of sp³-hybridized carbons (Fsp3) is 0.444. The van der Waals surface area contributed by atoms with E-state index in [-0.39, 0.29) is 18.3 Å². The van der Waals surface area contributed by atoms with Gasteiger partial charge in [0.15, 0.2) is 11.5 Å². The number of nitrogens with zero attached hydrogens (tertiary/aromatic N) is 4. The van der Waals surface area contributed by atoms with Crippen molar-refractivity contribution < 1.29 is 19.1 Å². The number of ether oxygens (including phenoxy) is 1. The van der Waals surface area contributed by atoms with Crippen molar-refractivity contribution >= 4 is 30.5 Å². The third kappa shape index (κ3) is 3.42. The lowest BCUT2D eigenvalue weighted by molar-refractivity contribution is -0.319. The minimum Gasteiger partial charge on any atom is -0.809 e. The van der Waals surface area contributed by atoms with Gasteiger partial charge in [-0.3, -0.25) is 0 Å². The third-order valence-corrected chi connectivity index (χ3v) is 2.94. The molecule has 2 aromatic rings. The number of rotatable bonds is 5. The van der Waals surface area contributed by atoms with Crippen molar-refractivity contribution in [3.05, 3.63) is 6.33 Å². The van der Waals surface area contributed by atoms with Gasteiger partial charge in [-0.15, -0.1) is 0 Å². The van der Waals surface area contributed by atoms with Gasteiger partial charge in [0.1, 0.15) is 5.52 Å². The molecule has 0 aliphatic carbocycles. The molecule has 0 aromatic carbocycles. The maximum Gasteiger partial charge on any atom is 0.224 e. The van der Waals surface area contributed by atoms with E-state index in [1.165, 1.54) is 6.33 Å². The molecule has 0 radical (unpaired) electrons. The Morgan fingerprint density at radius 1 is 1.45 bits per heavy atom. The summed E-state index contributed by atoms with van der Waals surface area (Å²) in [6.45, 7) is 1.86. The topological polar surface area (TPSA) is 168 Å². The van der Waals surface area contributed by atoms with Crippen LogP contribution in [0.5, 0.6) is 0 Å². The summed E-state index contributed by atoms with van der Waals surface area (Å²) in [5.74, 6) is 0.164. The maximum absolute atomic E-state index is 10.5. The maximum atomic E-state index is 10.5. The van der Waals surface area contributed by atoms with E-state index in [2.05, 4.69) is 15.0 Å². The van der Waals surface area contributed by atoms with Crippen LogP contribution in [0.4, 0.5) is 11.8 Å². The van der Waals surface area contributed by atoms with E-state index in [4.69, 9.17) is 16.2 Å². The molecule has 2 rings (SSSR count). The van der Waals surface area contributed by atoms with Gasteiger partial charge >= 0.3 is 0 Å². The Balaban J connectivity index is 2.16. The van der Waals surface area contributed by atoms with Crippen molar-refractivity contribution in [3.8, 4) is 0 Å². The zero-order valence-electron chi connectivity index (χ0n) is 10.6. The van der Waals surface area contributed by atoms with Crippen LogP contribution in [0.25, 0.3) is 11.2 Å². The van der Waals surface area contributed by atoms with E-state index in [0.717, 1.165) is 0 Å². The fourth-order valence-electron chi connectivity index (χ4n) is 1.67.